The van der Waals surface area contributed by atoms with Gasteiger partial charge in [-0.3, -0.25) is 28.8 Å². The van der Waals surface area contributed by atoms with Crippen molar-refractivity contribution in [2.24, 2.45) is 5.92 Å². The summed E-state index contributed by atoms with van der Waals surface area (Å²) in [4.78, 5) is 90.0. The first-order chi connectivity index (χ1) is 34.4. The van der Waals surface area contributed by atoms with Crippen LogP contribution in [0.25, 0.3) is 0 Å². The fourth-order valence-electron chi connectivity index (χ4n) is 7.61. The number of para-hydroxylation sites is 1. The highest BCUT2D eigenvalue weighted by Gasteiger charge is 2.28. The molecule has 2 atom stereocenters. The Morgan fingerprint density at radius 2 is 1.31 bits per heavy atom. The molecule has 0 saturated heterocycles. The van der Waals surface area contributed by atoms with E-state index in [0.717, 1.165) is 38.8 Å². The van der Waals surface area contributed by atoms with Gasteiger partial charge in [0.2, 0.25) is 17.7 Å². The number of aliphatic carboxylic acids is 1. The molecule has 4 rings (SSSR count). The van der Waals surface area contributed by atoms with Crippen LogP contribution in [0.5, 0.6) is 0 Å². The quantitative estimate of drug-likeness (QED) is 0.0245. The maximum absolute atomic E-state index is 13.4. The minimum atomic E-state index is -1.11. The second-order valence-electron chi connectivity index (χ2n) is 17.0. The van der Waals surface area contributed by atoms with Gasteiger partial charge in [-0.25, -0.2) is 4.79 Å². The zero-order valence-corrected chi connectivity index (χ0v) is 42.9. The van der Waals surface area contributed by atoms with Gasteiger partial charge in [0.1, 0.15) is 17.6 Å². The predicted molar refractivity (Wildman–Crippen MR) is 274 cm³/mol. The lowest BCUT2D eigenvalue weighted by Gasteiger charge is -2.26. The number of carboxylic acids is 1. The molecule has 1 aliphatic heterocycles. The average molecular weight is 1090 g/mol. The van der Waals surface area contributed by atoms with Crippen molar-refractivity contribution < 1.29 is 62.4 Å². The van der Waals surface area contributed by atoms with Crippen molar-refractivity contribution >= 4 is 69.5 Å². The minimum Gasteiger partial charge on any atom is -0.481 e. The number of methoxy groups -OCH3 is 1. The molecule has 0 fully saturated rings. The molecule has 0 aliphatic carbocycles. The molecule has 3 aromatic carbocycles. The number of carbonyl (C=O) groups excluding carboxylic acids is 6. The number of halogens is 1. The number of Topliss-reactive ketones (excluding diaryl/α,β-unsaturated/α-hetero) is 2. The minimum absolute atomic E-state index is 0.00335. The number of hydrogen-bond donors (Lipinski definition) is 3. The molecule has 3 amide bonds. The van der Waals surface area contributed by atoms with Crippen molar-refractivity contribution in [3.63, 3.8) is 0 Å². The normalized spacial score (nSPS) is 12.5. The van der Waals surface area contributed by atoms with Crippen LogP contribution < -0.4 is 15.5 Å². The standard InChI is InChI=1S/C54H68IN3O13/c1-67-54(66)48(15-6-7-29-56-50(61)17-8-10-40-18-23-45(55)24-19-40)57-53(65)43(22-27-52(63)64)38-47(60)28-31-69-33-35-71-37-36-70-34-32-68-30-9-14-46(59)25-26-51(62)58-39-44-13-3-2-11-41(44)20-21-42-12-4-5-16-49(42)58/h2-5,11-13,16,18-19,23-24,43,48H,6-10,14-15,17,22,25-39H2,1H3,(H,56,61)(H,57,65)(H,63,64)/t43?,48-/m0/s1. The van der Waals surface area contributed by atoms with E-state index in [9.17, 15) is 38.7 Å². The van der Waals surface area contributed by atoms with Crippen LogP contribution in [0.3, 0.4) is 0 Å². The Kier molecular flexibility index (Phi) is 27.8. The molecule has 0 saturated carbocycles. The van der Waals surface area contributed by atoms with Gasteiger partial charge in [-0.2, -0.15) is 0 Å². The molecule has 0 bridgehead atoms. The summed E-state index contributed by atoms with van der Waals surface area (Å²) >= 11 is 2.25. The number of nitrogens with one attached hydrogen (secondary N) is 2. The maximum atomic E-state index is 13.4. The molecule has 17 heteroatoms. The Hall–Kier alpha value is -5.52. The third-order valence-corrected chi connectivity index (χ3v) is 12.3. The van der Waals surface area contributed by atoms with E-state index in [0.29, 0.717) is 78.2 Å². The fourth-order valence-corrected chi connectivity index (χ4v) is 7.97. The van der Waals surface area contributed by atoms with Crippen LogP contribution in [0.15, 0.2) is 72.8 Å². The number of rotatable bonds is 36. The predicted octanol–water partition coefficient (Wildman–Crippen LogP) is 6.53. The first-order valence-corrected chi connectivity index (χ1v) is 25.5. The molecule has 0 aromatic heterocycles. The molecule has 1 unspecified atom stereocenters. The van der Waals surface area contributed by atoms with E-state index in [1.54, 1.807) is 4.90 Å². The molecule has 1 aliphatic rings. The molecule has 16 nitrogen and oxygen atoms in total. The highest BCUT2D eigenvalue weighted by atomic mass is 127. The molecule has 384 valence electrons. The molecular formula is C54H68IN3O13. The first kappa shape index (κ1) is 58.1. The van der Waals surface area contributed by atoms with Gasteiger partial charge in [0.25, 0.3) is 0 Å². The Morgan fingerprint density at radius 3 is 2.01 bits per heavy atom. The second-order valence-corrected chi connectivity index (χ2v) is 18.3. The molecule has 1 heterocycles. The summed E-state index contributed by atoms with van der Waals surface area (Å²) in [7, 11) is 1.21. The summed E-state index contributed by atoms with van der Waals surface area (Å²) in [6, 6.07) is 22.5. The largest absolute Gasteiger partial charge is 0.481 e. The van der Waals surface area contributed by atoms with Gasteiger partial charge >= 0.3 is 11.9 Å². The SMILES string of the molecule is COC(=O)[C@H](CCCCNC(=O)CCCc1ccc(I)cc1)NC(=O)C(CCC(=O)O)CC(=O)CCOCCOCCOCCOCCCC(=O)CCC(=O)N1Cc2ccccc2C#Cc2ccccc21. The summed E-state index contributed by atoms with van der Waals surface area (Å²) in [5.74, 6) is 2.58. The van der Waals surface area contributed by atoms with E-state index in [1.807, 2.05) is 60.7 Å². The van der Waals surface area contributed by atoms with Crippen LogP contribution in [0, 0.1) is 21.3 Å². The van der Waals surface area contributed by atoms with E-state index in [2.05, 4.69) is 57.2 Å². The Balaban J connectivity index is 0.992. The molecule has 3 aromatic rings. The number of anilines is 1. The van der Waals surface area contributed by atoms with Gasteiger partial charge in [-0.05, 0) is 109 Å². The zero-order chi connectivity index (χ0) is 51.1. The van der Waals surface area contributed by atoms with Crippen LogP contribution in [-0.2, 0) is 70.2 Å². The van der Waals surface area contributed by atoms with E-state index in [-0.39, 0.29) is 88.1 Å². The van der Waals surface area contributed by atoms with E-state index >= 15 is 0 Å². The summed E-state index contributed by atoms with van der Waals surface area (Å²) in [6.07, 6.45) is 3.70. The van der Waals surface area contributed by atoms with Gasteiger partial charge in [0, 0.05) is 78.7 Å². The number of aryl methyl sites for hydroxylation is 1. The lowest BCUT2D eigenvalue weighted by molar-refractivity contribution is -0.146. The van der Waals surface area contributed by atoms with Crippen LogP contribution in [0.4, 0.5) is 5.69 Å². The number of ketones is 2. The number of ether oxygens (including phenoxy) is 5. The number of hydrogen-bond acceptors (Lipinski definition) is 12. The Morgan fingerprint density at radius 1 is 0.662 bits per heavy atom. The molecule has 0 radical (unpaired) electrons. The summed E-state index contributed by atoms with van der Waals surface area (Å²) < 4.78 is 28.2. The lowest BCUT2D eigenvalue weighted by Crippen LogP contribution is -2.44. The summed E-state index contributed by atoms with van der Waals surface area (Å²) in [5, 5.41) is 14.8. The van der Waals surface area contributed by atoms with E-state index in [4.69, 9.17) is 23.7 Å². The highest BCUT2D eigenvalue weighted by Crippen LogP contribution is 2.26. The summed E-state index contributed by atoms with van der Waals surface area (Å²) in [6.45, 7) is 3.10. The van der Waals surface area contributed by atoms with Crippen molar-refractivity contribution in [2.45, 2.75) is 102 Å². The number of carboxylic acid groups (broad SMARTS) is 1. The monoisotopic (exact) mass is 1090 g/mol. The number of unbranched alkanes of at least 4 members (excludes halogenated alkanes) is 1. The van der Waals surface area contributed by atoms with Crippen molar-refractivity contribution in [3.05, 3.63) is 98.6 Å². The van der Waals surface area contributed by atoms with Gasteiger partial charge in [0.05, 0.1) is 65.6 Å². The third kappa shape index (κ3) is 23.5. The number of esters is 1. The van der Waals surface area contributed by atoms with Crippen LogP contribution >= 0.6 is 22.6 Å². The van der Waals surface area contributed by atoms with Crippen LogP contribution in [-0.4, -0.2) is 119 Å². The number of benzene rings is 3. The third-order valence-electron chi connectivity index (χ3n) is 11.6. The van der Waals surface area contributed by atoms with Gasteiger partial charge in [-0.1, -0.05) is 54.3 Å². The van der Waals surface area contributed by atoms with Crippen molar-refractivity contribution in [1.82, 2.24) is 10.6 Å². The maximum Gasteiger partial charge on any atom is 0.328 e. The number of amides is 3. The Bertz CT molecular complexity index is 2240. The summed E-state index contributed by atoms with van der Waals surface area (Å²) in [5.41, 5.74) is 4.53. The second kappa shape index (κ2) is 34.0. The van der Waals surface area contributed by atoms with Crippen molar-refractivity contribution in [1.29, 1.82) is 0 Å². The first-order valence-electron chi connectivity index (χ1n) is 24.4. The van der Waals surface area contributed by atoms with E-state index < -0.39 is 29.8 Å². The topological polar surface area (TPSA) is 213 Å². The number of fused-ring (bicyclic) bond motifs is 2. The molecule has 71 heavy (non-hydrogen) atoms. The number of nitrogens with zero attached hydrogens (tertiary/aromatic N) is 1. The van der Waals surface area contributed by atoms with Gasteiger partial charge < -0.3 is 44.3 Å². The smallest absolute Gasteiger partial charge is 0.328 e. The number of carbonyl (C=O) groups is 7. The molecular weight excluding hydrogens is 1030 g/mol. The zero-order valence-electron chi connectivity index (χ0n) is 40.7. The van der Waals surface area contributed by atoms with Crippen LogP contribution in [0.2, 0.25) is 0 Å². The lowest BCUT2D eigenvalue weighted by atomic mass is 9.94. The highest BCUT2D eigenvalue weighted by molar-refractivity contribution is 14.1. The average Bonchev–Trinajstić information content (AvgIpc) is 3.36. The fraction of sp³-hybridized carbons (Fsp3) is 0.500. The van der Waals surface area contributed by atoms with Crippen LogP contribution in [0.1, 0.15) is 106 Å². The molecule has 0 spiro atoms. The van der Waals surface area contributed by atoms with Gasteiger partial charge in [-0.15, -0.1) is 0 Å². The van der Waals surface area contributed by atoms with Crippen molar-refractivity contribution in [3.8, 4) is 11.8 Å². The van der Waals surface area contributed by atoms with Crippen molar-refractivity contribution in [2.75, 3.05) is 71.4 Å². The van der Waals surface area contributed by atoms with Gasteiger partial charge in [0.15, 0.2) is 0 Å². The Labute approximate surface area is 430 Å². The molecule has 3 N–H and O–H groups in total. The van der Waals surface area contributed by atoms with E-state index in [1.165, 1.54) is 12.7 Å².